The molecule has 0 radical (unpaired) electrons. The molecular weight excluding hydrogens is 224 g/mol. The number of hydrogen-bond acceptors (Lipinski definition) is 4. The van der Waals surface area contributed by atoms with Gasteiger partial charge in [0.15, 0.2) is 0 Å². The predicted molar refractivity (Wildman–Crippen MR) is 60.7 cm³/mol. The van der Waals surface area contributed by atoms with Gasteiger partial charge in [0.2, 0.25) is 0 Å². The molecule has 17 heavy (non-hydrogen) atoms. The smallest absolute Gasteiger partial charge is 0.328 e. The molecule has 6 heteroatoms. The third-order valence-electron chi connectivity index (χ3n) is 3.02. The lowest BCUT2D eigenvalue weighted by Crippen LogP contribution is -2.37. The van der Waals surface area contributed by atoms with Gasteiger partial charge in [-0.3, -0.25) is 14.3 Å². The van der Waals surface area contributed by atoms with Crippen LogP contribution in [0.5, 0.6) is 0 Å². The minimum absolute atomic E-state index is 0.487. The van der Waals surface area contributed by atoms with Gasteiger partial charge in [-0.05, 0) is 12.0 Å². The van der Waals surface area contributed by atoms with E-state index in [0.717, 1.165) is 0 Å². The summed E-state index contributed by atoms with van der Waals surface area (Å²) in [5.74, 6) is 0. The molecule has 1 unspecified atom stereocenters. The van der Waals surface area contributed by atoms with E-state index in [-0.39, 0.29) is 0 Å². The normalized spacial score (nSPS) is 28.2. The van der Waals surface area contributed by atoms with Crippen LogP contribution in [0.15, 0.2) is 33.5 Å². The summed E-state index contributed by atoms with van der Waals surface area (Å²) in [6.07, 6.45) is 1.57. The molecule has 1 aromatic rings. The minimum atomic E-state index is -1.06. The van der Waals surface area contributed by atoms with Crippen molar-refractivity contribution < 1.29 is 10.2 Å². The Balaban J connectivity index is 2.45. The van der Waals surface area contributed by atoms with Gasteiger partial charge in [-0.2, -0.15) is 0 Å². The molecule has 3 atom stereocenters. The Morgan fingerprint density at radius 1 is 1.41 bits per heavy atom. The van der Waals surface area contributed by atoms with Crippen LogP contribution in [-0.4, -0.2) is 32.0 Å². The number of H-pyrrole nitrogens is 1. The first-order chi connectivity index (χ1) is 8.04. The van der Waals surface area contributed by atoms with Crippen molar-refractivity contribution in [2.45, 2.75) is 31.6 Å². The van der Waals surface area contributed by atoms with E-state index in [0.29, 0.717) is 12.0 Å². The second kappa shape index (κ2) is 4.31. The molecule has 6 nitrogen and oxygen atoms in total. The van der Waals surface area contributed by atoms with Gasteiger partial charge in [0.25, 0.3) is 5.56 Å². The molecule has 0 aliphatic heterocycles. The summed E-state index contributed by atoms with van der Waals surface area (Å²) in [6, 6.07) is 0.572. The van der Waals surface area contributed by atoms with Gasteiger partial charge in [0.1, 0.15) is 12.2 Å². The molecule has 1 aliphatic carbocycles. The Labute approximate surface area is 96.9 Å². The zero-order chi connectivity index (χ0) is 12.6. The van der Waals surface area contributed by atoms with Crippen molar-refractivity contribution in [2.24, 2.45) is 0 Å². The van der Waals surface area contributed by atoms with Crippen LogP contribution in [0.1, 0.15) is 19.4 Å². The van der Waals surface area contributed by atoms with Gasteiger partial charge in [0, 0.05) is 12.3 Å². The zero-order valence-electron chi connectivity index (χ0n) is 9.33. The Hall–Kier alpha value is -1.66. The number of aliphatic hydroxyl groups excluding tert-OH is 2. The van der Waals surface area contributed by atoms with E-state index in [4.69, 9.17) is 0 Å². The molecule has 3 N–H and O–H groups in total. The van der Waals surface area contributed by atoms with Gasteiger partial charge in [0.05, 0.1) is 6.04 Å². The van der Waals surface area contributed by atoms with Gasteiger partial charge < -0.3 is 10.2 Å². The van der Waals surface area contributed by atoms with Crippen molar-refractivity contribution in [3.8, 4) is 0 Å². The predicted octanol–water partition coefficient (Wildman–Crippen LogP) is -0.851. The summed E-state index contributed by atoms with van der Waals surface area (Å²) in [5, 5.41) is 19.6. The van der Waals surface area contributed by atoms with Crippen LogP contribution in [0.25, 0.3) is 0 Å². The number of aromatic amines is 1. The summed E-state index contributed by atoms with van der Waals surface area (Å²) in [6.45, 7) is 1.86. The molecule has 0 saturated carbocycles. The van der Waals surface area contributed by atoms with Crippen LogP contribution < -0.4 is 11.2 Å². The van der Waals surface area contributed by atoms with Crippen LogP contribution in [-0.2, 0) is 0 Å². The quantitative estimate of drug-likeness (QED) is 0.585. The van der Waals surface area contributed by atoms with E-state index in [2.05, 4.69) is 4.98 Å². The first-order valence-corrected chi connectivity index (χ1v) is 5.42. The monoisotopic (exact) mass is 238 g/mol. The maximum Gasteiger partial charge on any atom is 0.328 e. The van der Waals surface area contributed by atoms with Crippen LogP contribution in [0.3, 0.4) is 0 Å². The number of aliphatic hydroxyl groups is 2. The van der Waals surface area contributed by atoms with Crippen LogP contribution >= 0.6 is 0 Å². The van der Waals surface area contributed by atoms with Crippen molar-refractivity contribution in [1.29, 1.82) is 0 Å². The maximum absolute atomic E-state index is 11.6. The summed E-state index contributed by atoms with van der Waals surface area (Å²) in [7, 11) is 0. The third-order valence-corrected chi connectivity index (χ3v) is 3.02. The summed E-state index contributed by atoms with van der Waals surface area (Å²) in [5.41, 5.74) is -0.387. The molecule has 0 fully saturated rings. The van der Waals surface area contributed by atoms with Gasteiger partial charge >= 0.3 is 5.69 Å². The van der Waals surface area contributed by atoms with E-state index in [1.807, 2.05) is 6.92 Å². The lowest BCUT2D eigenvalue weighted by atomic mass is 10.1. The van der Waals surface area contributed by atoms with E-state index in [1.165, 1.54) is 16.8 Å². The van der Waals surface area contributed by atoms with Gasteiger partial charge in [-0.15, -0.1) is 0 Å². The number of hydrogen-bond donors (Lipinski definition) is 3. The highest BCUT2D eigenvalue weighted by Crippen LogP contribution is 2.29. The molecule has 2 rings (SSSR count). The number of rotatable bonds is 2. The lowest BCUT2D eigenvalue weighted by Gasteiger charge is -2.18. The molecule has 92 valence electrons. The molecule has 0 aromatic carbocycles. The van der Waals surface area contributed by atoms with Crippen LogP contribution in [0.2, 0.25) is 0 Å². The molecule has 1 heterocycles. The molecule has 0 bridgehead atoms. The second-order valence-corrected chi connectivity index (χ2v) is 4.04. The van der Waals surface area contributed by atoms with E-state index < -0.39 is 29.5 Å². The van der Waals surface area contributed by atoms with Crippen LogP contribution in [0, 0.1) is 0 Å². The molecule has 0 saturated heterocycles. The van der Waals surface area contributed by atoms with Gasteiger partial charge in [-0.1, -0.05) is 13.0 Å². The third kappa shape index (κ3) is 1.96. The topological polar surface area (TPSA) is 95.3 Å². The van der Waals surface area contributed by atoms with E-state index in [9.17, 15) is 19.8 Å². The average molecular weight is 238 g/mol. The lowest BCUT2D eigenvalue weighted by molar-refractivity contribution is 0.0301. The highest BCUT2D eigenvalue weighted by Gasteiger charge is 2.35. The summed E-state index contributed by atoms with van der Waals surface area (Å²) < 4.78 is 1.21. The molecule has 0 spiro atoms. The fraction of sp³-hybridized carbons (Fsp3) is 0.455. The van der Waals surface area contributed by atoms with Crippen molar-refractivity contribution in [3.63, 3.8) is 0 Å². The first kappa shape index (κ1) is 11.8. The molecule has 1 aliphatic rings. The Bertz CT molecular complexity index is 557. The standard InChI is InChI=1S/C11H14N2O4/c1-2-6-5-7(10(16)9(6)15)13-4-3-8(14)12-11(13)17/h3-5,7,9-10,15-16H,2H2,1H3,(H,12,14,17)/t7-,9+,10?/m1/s1. The summed E-state index contributed by atoms with van der Waals surface area (Å²) >= 11 is 0. The number of nitrogens with one attached hydrogen (secondary N) is 1. The Kier molecular flexibility index (Phi) is 2.99. The molecule has 1 aromatic heterocycles. The van der Waals surface area contributed by atoms with E-state index in [1.54, 1.807) is 6.08 Å². The number of aromatic nitrogens is 2. The molecular formula is C11H14N2O4. The Morgan fingerprint density at radius 2 is 2.12 bits per heavy atom. The minimum Gasteiger partial charge on any atom is -0.388 e. The van der Waals surface area contributed by atoms with Gasteiger partial charge in [-0.25, -0.2) is 4.79 Å². The van der Waals surface area contributed by atoms with Crippen LogP contribution in [0.4, 0.5) is 0 Å². The van der Waals surface area contributed by atoms with Crippen molar-refractivity contribution in [1.82, 2.24) is 9.55 Å². The summed E-state index contributed by atoms with van der Waals surface area (Å²) in [4.78, 5) is 24.6. The maximum atomic E-state index is 11.6. The second-order valence-electron chi connectivity index (χ2n) is 4.04. The average Bonchev–Trinajstić information content (AvgIpc) is 2.57. The van der Waals surface area contributed by atoms with Crippen molar-refractivity contribution in [3.05, 3.63) is 44.8 Å². The zero-order valence-corrected chi connectivity index (χ0v) is 9.33. The fourth-order valence-corrected chi connectivity index (χ4v) is 2.06. The largest absolute Gasteiger partial charge is 0.388 e. The fourth-order valence-electron chi connectivity index (χ4n) is 2.06. The Morgan fingerprint density at radius 3 is 2.65 bits per heavy atom. The SMILES string of the molecule is CCC1=C[C@@H](n2ccc(=O)[nH]c2=O)C(O)[C@H]1O. The van der Waals surface area contributed by atoms with E-state index >= 15 is 0 Å². The molecule has 0 amide bonds. The van der Waals surface area contributed by atoms with Crippen molar-refractivity contribution >= 4 is 0 Å². The highest BCUT2D eigenvalue weighted by atomic mass is 16.3. The highest BCUT2D eigenvalue weighted by molar-refractivity contribution is 5.22. The number of nitrogens with zero attached hydrogens (tertiary/aromatic N) is 1. The van der Waals surface area contributed by atoms with Crippen molar-refractivity contribution in [2.75, 3.05) is 0 Å². The first-order valence-electron chi connectivity index (χ1n) is 5.42.